The van der Waals surface area contributed by atoms with Crippen molar-refractivity contribution in [3.05, 3.63) is 70.9 Å². The Hall–Kier alpha value is -2.52. The van der Waals surface area contributed by atoms with Crippen LogP contribution in [0, 0.1) is 6.92 Å². The second kappa shape index (κ2) is 6.93. The summed E-state index contributed by atoms with van der Waals surface area (Å²) in [4.78, 5) is 15.7. The van der Waals surface area contributed by atoms with E-state index in [2.05, 4.69) is 4.98 Å². The highest BCUT2D eigenvalue weighted by molar-refractivity contribution is 6.30. The van der Waals surface area contributed by atoms with Gasteiger partial charge in [-0.25, -0.2) is 4.79 Å². The highest BCUT2D eigenvalue weighted by Crippen LogP contribution is 2.35. The molecule has 0 aliphatic rings. The Morgan fingerprint density at radius 1 is 1.04 bits per heavy atom. The monoisotopic (exact) mass is 339 g/mol. The van der Waals surface area contributed by atoms with Crippen molar-refractivity contribution in [2.75, 3.05) is 6.61 Å². The molecule has 0 aliphatic heterocycles. The third kappa shape index (κ3) is 3.08. The SMILES string of the molecule is CCOC(=O)c1[nH]c(-c2ccccc2)c(C)c1-c1ccc(Cl)cc1. The first kappa shape index (κ1) is 16.3. The second-order valence-electron chi connectivity index (χ2n) is 5.47. The van der Waals surface area contributed by atoms with Gasteiger partial charge in [0.15, 0.2) is 0 Å². The fourth-order valence-corrected chi connectivity index (χ4v) is 2.95. The lowest BCUT2D eigenvalue weighted by molar-refractivity contribution is 0.0521. The smallest absolute Gasteiger partial charge is 0.355 e. The maximum Gasteiger partial charge on any atom is 0.355 e. The largest absolute Gasteiger partial charge is 0.461 e. The van der Waals surface area contributed by atoms with E-state index in [4.69, 9.17) is 16.3 Å². The summed E-state index contributed by atoms with van der Waals surface area (Å²) in [6.07, 6.45) is 0. The molecule has 0 saturated heterocycles. The predicted molar refractivity (Wildman–Crippen MR) is 97.4 cm³/mol. The molecule has 1 heterocycles. The number of benzene rings is 2. The molecule has 0 fully saturated rings. The number of aromatic nitrogens is 1. The number of halogens is 1. The average molecular weight is 340 g/mol. The molecule has 1 aromatic heterocycles. The van der Waals surface area contributed by atoms with Crippen LogP contribution in [-0.4, -0.2) is 17.6 Å². The number of carbonyl (C=O) groups excluding carboxylic acids is 1. The number of aromatic amines is 1. The van der Waals surface area contributed by atoms with Crippen molar-refractivity contribution in [3.8, 4) is 22.4 Å². The lowest BCUT2D eigenvalue weighted by Gasteiger charge is -2.06. The Morgan fingerprint density at radius 2 is 1.71 bits per heavy atom. The highest BCUT2D eigenvalue weighted by Gasteiger charge is 2.22. The van der Waals surface area contributed by atoms with Gasteiger partial charge in [-0.15, -0.1) is 0 Å². The van der Waals surface area contributed by atoms with Crippen molar-refractivity contribution < 1.29 is 9.53 Å². The number of carbonyl (C=O) groups is 1. The van der Waals surface area contributed by atoms with E-state index in [1.54, 1.807) is 6.92 Å². The number of esters is 1. The molecule has 0 amide bonds. The zero-order chi connectivity index (χ0) is 17.1. The molecule has 4 heteroatoms. The molecule has 0 saturated carbocycles. The number of nitrogens with one attached hydrogen (secondary N) is 1. The summed E-state index contributed by atoms with van der Waals surface area (Å²) >= 11 is 5.99. The first-order chi connectivity index (χ1) is 11.6. The molecule has 122 valence electrons. The molecule has 3 nitrogen and oxygen atoms in total. The van der Waals surface area contributed by atoms with Crippen LogP contribution in [0.1, 0.15) is 23.0 Å². The van der Waals surface area contributed by atoms with Gasteiger partial charge in [0.25, 0.3) is 0 Å². The minimum atomic E-state index is -0.354. The molecule has 0 aliphatic carbocycles. The van der Waals surface area contributed by atoms with E-state index >= 15 is 0 Å². The molecule has 0 radical (unpaired) electrons. The van der Waals surface area contributed by atoms with E-state index in [1.807, 2.05) is 61.5 Å². The predicted octanol–water partition coefficient (Wildman–Crippen LogP) is 5.49. The Morgan fingerprint density at radius 3 is 2.33 bits per heavy atom. The van der Waals surface area contributed by atoms with Crippen LogP contribution in [0.5, 0.6) is 0 Å². The van der Waals surface area contributed by atoms with Crippen LogP contribution in [0.25, 0.3) is 22.4 Å². The van der Waals surface area contributed by atoms with Gasteiger partial charge in [-0.05, 0) is 42.7 Å². The zero-order valence-corrected chi connectivity index (χ0v) is 14.4. The van der Waals surface area contributed by atoms with Gasteiger partial charge in [0.05, 0.1) is 6.61 Å². The van der Waals surface area contributed by atoms with Gasteiger partial charge < -0.3 is 9.72 Å². The van der Waals surface area contributed by atoms with Crippen LogP contribution in [0.4, 0.5) is 0 Å². The second-order valence-corrected chi connectivity index (χ2v) is 5.90. The van der Waals surface area contributed by atoms with Gasteiger partial charge >= 0.3 is 5.97 Å². The van der Waals surface area contributed by atoms with Crippen LogP contribution in [-0.2, 0) is 4.74 Å². The maximum absolute atomic E-state index is 12.4. The van der Waals surface area contributed by atoms with Crippen molar-refractivity contribution >= 4 is 17.6 Å². The van der Waals surface area contributed by atoms with E-state index in [9.17, 15) is 4.79 Å². The van der Waals surface area contributed by atoms with Gasteiger partial charge in [0.1, 0.15) is 5.69 Å². The molecule has 24 heavy (non-hydrogen) atoms. The van der Waals surface area contributed by atoms with E-state index in [1.165, 1.54) is 0 Å². The average Bonchev–Trinajstić information content (AvgIpc) is 2.94. The minimum absolute atomic E-state index is 0.331. The Labute approximate surface area is 146 Å². The molecule has 1 N–H and O–H groups in total. The van der Waals surface area contributed by atoms with Gasteiger partial charge in [-0.2, -0.15) is 0 Å². The lowest BCUT2D eigenvalue weighted by atomic mass is 9.99. The van der Waals surface area contributed by atoms with Crippen molar-refractivity contribution in [2.45, 2.75) is 13.8 Å². The molecular formula is C20H18ClNO2. The van der Waals surface area contributed by atoms with Crippen LogP contribution < -0.4 is 0 Å². The third-order valence-electron chi connectivity index (χ3n) is 3.92. The van der Waals surface area contributed by atoms with Crippen molar-refractivity contribution in [2.24, 2.45) is 0 Å². The van der Waals surface area contributed by atoms with Gasteiger partial charge in [-0.1, -0.05) is 54.1 Å². The van der Waals surface area contributed by atoms with Gasteiger partial charge in [0, 0.05) is 16.3 Å². The lowest BCUT2D eigenvalue weighted by Crippen LogP contribution is -2.06. The molecule has 0 atom stereocenters. The van der Waals surface area contributed by atoms with E-state index < -0.39 is 0 Å². The van der Waals surface area contributed by atoms with Gasteiger partial charge in [0.2, 0.25) is 0 Å². The number of ether oxygens (including phenoxy) is 1. The van der Waals surface area contributed by atoms with Crippen molar-refractivity contribution in [1.29, 1.82) is 0 Å². The molecule has 0 spiro atoms. The fourth-order valence-electron chi connectivity index (χ4n) is 2.82. The first-order valence-electron chi connectivity index (χ1n) is 7.83. The third-order valence-corrected chi connectivity index (χ3v) is 4.18. The number of H-pyrrole nitrogens is 1. The molecule has 3 rings (SSSR count). The van der Waals surface area contributed by atoms with Gasteiger partial charge in [-0.3, -0.25) is 0 Å². The minimum Gasteiger partial charge on any atom is -0.461 e. The number of hydrogen-bond acceptors (Lipinski definition) is 2. The summed E-state index contributed by atoms with van der Waals surface area (Å²) in [5.41, 5.74) is 5.20. The fraction of sp³-hybridized carbons (Fsp3) is 0.150. The molecule has 0 unspecified atom stereocenters. The summed E-state index contributed by atoms with van der Waals surface area (Å²) in [7, 11) is 0. The van der Waals surface area contributed by atoms with E-state index in [0.29, 0.717) is 17.3 Å². The van der Waals surface area contributed by atoms with Crippen LogP contribution in [0.15, 0.2) is 54.6 Å². The van der Waals surface area contributed by atoms with Crippen molar-refractivity contribution in [1.82, 2.24) is 4.98 Å². The summed E-state index contributed by atoms with van der Waals surface area (Å²) in [5.74, 6) is -0.354. The van der Waals surface area contributed by atoms with Crippen LogP contribution in [0.2, 0.25) is 5.02 Å². The summed E-state index contributed by atoms with van der Waals surface area (Å²) in [5, 5.41) is 0.660. The number of hydrogen-bond donors (Lipinski definition) is 1. The Balaban J connectivity index is 2.20. The summed E-state index contributed by atoms with van der Waals surface area (Å²) < 4.78 is 5.22. The maximum atomic E-state index is 12.4. The zero-order valence-electron chi connectivity index (χ0n) is 13.6. The molecule has 0 bridgehead atoms. The molecular weight excluding hydrogens is 322 g/mol. The quantitative estimate of drug-likeness (QED) is 0.639. The highest BCUT2D eigenvalue weighted by atomic mass is 35.5. The Bertz CT molecular complexity index is 851. The number of rotatable bonds is 4. The van der Waals surface area contributed by atoms with Crippen LogP contribution in [0.3, 0.4) is 0 Å². The van der Waals surface area contributed by atoms with Crippen LogP contribution >= 0.6 is 11.6 Å². The molecule has 2 aromatic carbocycles. The normalized spacial score (nSPS) is 10.6. The Kier molecular flexibility index (Phi) is 4.72. The summed E-state index contributed by atoms with van der Waals surface area (Å²) in [6.45, 7) is 4.14. The topological polar surface area (TPSA) is 42.1 Å². The molecule has 3 aromatic rings. The van der Waals surface area contributed by atoms with E-state index in [-0.39, 0.29) is 5.97 Å². The standard InChI is InChI=1S/C20H18ClNO2/c1-3-24-20(23)19-17(14-9-11-16(21)12-10-14)13(2)18(22-19)15-7-5-4-6-8-15/h4-12,22H,3H2,1-2H3. The van der Waals surface area contributed by atoms with Crippen molar-refractivity contribution in [3.63, 3.8) is 0 Å². The van der Waals surface area contributed by atoms with E-state index in [0.717, 1.165) is 27.9 Å². The first-order valence-corrected chi connectivity index (χ1v) is 8.20. The summed E-state index contributed by atoms with van der Waals surface area (Å²) in [6, 6.07) is 17.4.